The summed E-state index contributed by atoms with van der Waals surface area (Å²) in [5, 5.41) is 2.96. The highest BCUT2D eigenvalue weighted by Crippen LogP contribution is 2.43. The summed E-state index contributed by atoms with van der Waals surface area (Å²) in [5.74, 6) is 0. The lowest BCUT2D eigenvalue weighted by Crippen LogP contribution is -2.52. The van der Waals surface area contributed by atoms with Crippen LogP contribution in [0.15, 0.2) is 0 Å². The lowest BCUT2D eigenvalue weighted by Gasteiger charge is -2.41. The number of hydrogen-bond donors (Lipinski definition) is 1. The minimum atomic E-state index is -2.99. The minimum Gasteiger partial charge on any atom is -0.374 e. The Morgan fingerprint density at radius 2 is 2.12 bits per heavy atom. The zero-order valence-electron chi connectivity index (χ0n) is 10.0. The van der Waals surface area contributed by atoms with Crippen molar-refractivity contribution in [3.8, 4) is 0 Å². The smallest absolute Gasteiger partial charge is 0.153 e. The molecular weight excluding hydrogens is 226 g/mol. The molecule has 0 aromatic carbocycles. The predicted molar refractivity (Wildman–Crippen MR) is 63.2 cm³/mol. The van der Waals surface area contributed by atoms with Gasteiger partial charge in [-0.05, 0) is 39.2 Å². The van der Waals surface area contributed by atoms with Gasteiger partial charge >= 0.3 is 0 Å². The summed E-state index contributed by atoms with van der Waals surface area (Å²) in [5.41, 5.74) is -0.403. The van der Waals surface area contributed by atoms with Gasteiger partial charge in [-0.15, -0.1) is 0 Å². The van der Waals surface area contributed by atoms with Gasteiger partial charge in [0.15, 0.2) is 9.84 Å². The third kappa shape index (κ3) is 2.13. The maximum absolute atomic E-state index is 11.8. The summed E-state index contributed by atoms with van der Waals surface area (Å²) in [4.78, 5) is 0. The van der Waals surface area contributed by atoms with Crippen molar-refractivity contribution in [3.05, 3.63) is 0 Å². The molecule has 0 bridgehead atoms. The second kappa shape index (κ2) is 4.27. The molecule has 3 unspecified atom stereocenters. The Hall–Kier alpha value is -0.130. The zero-order chi connectivity index (χ0) is 11.8. The second-order valence-corrected chi connectivity index (χ2v) is 7.33. The van der Waals surface area contributed by atoms with Crippen LogP contribution in [0.1, 0.15) is 32.1 Å². The van der Waals surface area contributed by atoms with Gasteiger partial charge < -0.3 is 10.1 Å². The predicted octanol–water partition coefficient (Wildman–Crippen LogP) is 0.721. The third-order valence-corrected chi connectivity index (χ3v) is 5.72. The van der Waals surface area contributed by atoms with Gasteiger partial charge in [-0.25, -0.2) is 8.42 Å². The number of nitrogens with one attached hydrogen (secondary N) is 1. The van der Waals surface area contributed by atoms with Gasteiger partial charge in [-0.2, -0.15) is 0 Å². The van der Waals surface area contributed by atoms with Crippen LogP contribution in [0.25, 0.3) is 0 Å². The van der Waals surface area contributed by atoms with Crippen LogP contribution in [-0.4, -0.2) is 45.2 Å². The lowest BCUT2D eigenvalue weighted by molar-refractivity contribution is -0.0802. The average molecular weight is 247 g/mol. The molecule has 0 amide bonds. The van der Waals surface area contributed by atoms with Crippen LogP contribution in [0, 0.1) is 0 Å². The summed E-state index contributed by atoms with van der Waals surface area (Å²) in [6, 6.07) is 0.399. The molecule has 1 N–H and O–H groups in total. The fourth-order valence-corrected chi connectivity index (χ4v) is 4.90. The molecule has 0 aromatic heterocycles. The van der Waals surface area contributed by atoms with Crippen molar-refractivity contribution in [2.45, 2.75) is 49.0 Å². The third-order valence-electron chi connectivity index (χ3n) is 4.03. The van der Waals surface area contributed by atoms with Gasteiger partial charge in [0.05, 0.1) is 10.9 Å². The molecule has 0 aromatic rings. The molecule has 1 heterocycles. The molecule has 16 heavy (non-hydrogen) atoms. The Kier molecular flexibility index (Phi) is 3.29. The van der Waals surface area contributed by atoms with E-state index in [0.29, 0.717) is 12.6 Å². The highest BCUT2D eigenvalue weighted by Gasteiger charge is 2.51. The van der Waals surface area contributed by atoms with Crippen LogP contribution in [-0.2, 0) is 14.6 Å². The molecule has 1 saturated heterocycles. The van der Waals surface area contributed by atoms with E-state index >= 15 is 0 Å². The highest BCUT2D eigenvalue weighted by atomic mass is 32.2. The molecule has 2 fully saturated rings. The minimum absolute atomic E-state index is 0.295. The molecule has 5 heteroatoms. The van der Waals surface area contributed by atoms with E-state index in [1.54, 1.807) is 0 Å². The first-order valence-corrected chi connectivity index (χ1v) is 7.93. The lowest BCUT2D eigenvalue weighted by atomic mass is 9.88. The summed E-state index contributed by atoms with van der Waals surface area (Å²) in [6.07, 6.45) is 5.78. The molecule has 1 spiro atoms. The molecular formula is C11H21NO3S. The van der Waals surface area contributed by atoms with Crippen molar-refractivity contribution in [2.75, 3.05) is 19.9 Å². The molecule has 3 atom stereocenters. The topological polar surface area (TPSA) is 55.4 Å². The Bertz CT molecular complexity index is 354. The van der Waals surface area contributed by atoms with Crippen molar-refractivity contribution in [2.24, 2.45) is 0 Å². The number of sulfone groups is 1. The molecule has 1 aliphatic carbocycles. The molecule has 94 valence electrons. The zero-order valence-corrected chi connectivity index (χ0v) is 10.8. The maximum atomic E-state index is 11.8. The van der Waals surface area contributed by atoms with Gasteiger partial charge in [-0.3, -0.25) is 0 Å². The number of hydrogen-bond acceptors (Lipinski definition) is 4. The molecule has 2 aliphatic rings. The van der Waals surface area contributed by atoms with Crippen LogP contribution in [0.4, 0.5) is 0 Å². The molecule has 1 aliphatic heterocycles. The second-order valence-electron chi connectivity index (χ2n) is 5.10. The van der Waals surface area contributed by atoms with E-state index in [9.17, 15) is 8.42 Å². The molecule has 2 rings (SSSR count). The summed E-state index contributed by atoms with van der Waals surface area (Å²) in [6.45, 7) is 0.678. The van der Waals surface area contributed by atoms with E-state index in [-0.39, 0.29) is 5.25 Å². The van der Waals surface area contributed by atoms with Gasteiger partial charge in [0, 0.05) is 18.9 Å². The molecule has 4 nitrogen and oxygen atoms in total. The normalized spacial score (nSPS) is 40.4. The van der Waals surface area contributed by atoms with Crippen LogP contribution in [0.2, 0.25) is 0 Å². The van der Waals surface area contributed by atoms with Crippen LogP contribution in [0.3, 0.4) is 0 Å². The van der Waals surface area contributed by atoms with Crippen LogP contribution >= 0.6 is 0 Å². The first-order valence-electron chi connectivity index (χ1n) is 5.98. The Morgan fingerprint density at radius 1 is 1.38 bits per heavy atom. The van der Waals surface area contributed by atoms with Crippen molar-refractivity contribution >= 4 is 9.84 Å². The largest absolute Gasteiger partial charge is 0.374 e. The fraction of sp³-hybridized carbons (Fsp3) is 1.00. The summed E-state index contributed by atoms with van der Waals surface area (Å²) in [7, 11) is -1.06. The fourth-order valence-electron chi connectivity index (χ4n) is 3.24. The SMILES string of the molecule is CNC1CCOC2(CCCC2S(C)(=O)=O)C1. The van der Waals surface area contributed by atoms with E-state index in [0.717, 1.165) is 32.1 Å². The first kappa shape index (κ1) is 12.3. The quantitative estimate of drug-likeness (QED) is 0.781. The first-order chi connectivity index (χ1) is 7.48. The highest BCUT2D eigenvalue weighted by molar-refractivity contribution is 7.91. The van der Waals surface area contributed by atoms with E-state index < -0.39 is 15.4 Å². The van der Waals surface area contributed by atoms with E-state index in [1.807, 2.05) is 7.05 Å². The molecule has 0 radical (unpaired) electrons. The van der Waals surface area contributed by atoms with E-state index in [1.165, 1.54) is 6.26 Å². The monoisotopic (exact) mass is 247 g/mol. The maximum Gasteiger partial charge on any atom is 0.153 e. The number of ether oxygens (including phenoxy) is 1. The van der Waals surface area contributed by atoms with Crippen LogP contribution < -0.4 is 5.32 Å². The van der Waals surface area contributed by atoms with Crippen LogP contribution in [0.5, 0.6) is 0 Å². The van der Waals surface area contributed by atoms with Gasteiger partial charge in [0.1, 0.15) is 0 Å². The standard InChI is InChI=1S/C11H21NO3S/c1-12-9-5-7-15-11(8-9)6-3-4-10(11)16(2,13)14/h9-10,12H,3-8H2,1-2H3. The van der Waals surface area contributed by atoms with Gasteiger partial charge in [0.2, 0.25) is 0 Å². The van der Waals surface area contributed by atoms with Gasteiger partial charge in [0.25, 0.3) is 0 Å². The Morgan fingerprint density at radius 3 is 2.75 bits per heavy atom. The summed E-state index contributed by atoms with van der Waals surface area (Å²) >= 11 is 0. The number of rotatable bonds is 2. The van der Waals surface area contributed by atoms with Crippen molar-refractivity contribution < 1.29 is 13.2 Å². The van der Waals surface area contributed by atoms with Crippen molar-refractivity contribution in [1.82, 2.24) is 5.32 Å². The molecule has 1 saturated carbocycles. The van der Waals surface area contributed by atoms with E-state index in [2.05, 4.69) is 5.32 Å². The van der Waals surface area contributed by atoms with Crippen molar-refractivity contribution in [3.63, 3.8) is 0 Å². The van der Waals surface area contributed by atoms with Gasteiger partial charge in [-0.1, -0.05) is 0 Å². The Labute approximate surface area is 97.7 Å². The summed E-state index contributed by atoms with van der Waals surface area (Å²) < 4.78 is 29.5. The van der Waals surface area contributed by atoms with Crippen molar-refractivity contribution in [1.29, 1.82) is 0 Å². The average Bonchev–Trinajstić information content (AvgIpc) is 2.61. The van der Waals surface area contributed by atoms with E-state index in [4.69, 9.17) is 4.74 Å². The Balaban J connectivity index is 2.22.